The highest BCUT2D eigenvalue weighted by atomic mass is 19.1. The van der Waals surface area contributed by atoms with Crippen LogP contribution < -0.4 is 10.6 Å². The van der Waals surface area contributed by atoms with Gasteiger partial charge in [0.25, 0.3) is 5.91 Å². The van der Waals surface area contributed by atoms with Crippen molar-refractivity contribution in [1.29, 1.82) is 0 Å². The molecule has 8 heteroatoms. The monoisotopic (exact) mass is 452 g/mol. The van der Waals surface area contributed by atoms with Crippen LogP contribution in [0, 0.1) is 11.7 Å². The third-order valence-electron chi connectivity index (χ3n) is 6.13. The largest absolute Gasteiger partial charge is 0.392 e. The lowest BCUT2D eigenvalue weighted by Gasteiger charge is -2.30. The number of hydrogen-bond acceptors (Lipinski definition) is 4. The van der Waals surface area contributed by atoms with Crippen LogP contribution in [0.4, 0.5) is 10.3 Å². The molecule has 0 bridgehead atoms. The highest BCUT2D eigenvalue weighted by Gasteiger charge is 2.30. The topological polar surface area (TPSA) is 96.3 Å². The fraction of sp³-hybridized carbons (Fsp3) is 0.400. The molecule has 0 spiro atoms. The lowest BCUT2D eigenvalue weighted by molar-refractivity contribution is -0.126. The first-order valence-corrected chi connectivity index (χ1v) is 11.3. The van der Waals surface area contributed by atoms with Crippen molar-refractivity contribution in [2.75, 3.05) is 5.32 Å². The van der Waals surface area contributed by atoms with E-state index in [1.807, 2.05) is 30.5 Å². The minimum Gasteiger partial charge on any atom is -0.392 e. The van der Waals surface area contributed by atoms with Crippen LogP contribution in [0.25, 0.3) is 11.0 Å². The molecule has 4 rings (SSSR count). The molecule has 0 aliphatic heterocycles. The van der Waals surface area contributed by atoms with Gasteiger partial charge in [0.05, 0.1) is 17.6 Å². The number of halogens is 1. The summed E-state index contributed by atoms with van der Waals surface area (Å²) in [4.78, 5) is 29.9. The van der Waals surface area contributed by atoms with Crippen molar-refractivity contribution in [2.24, 2.45) is 5.92 Å². The van der Waals surface area contributed by atoms with E-state index >= 15 is 0 Å². The number of benzene rings is 2. The van der Waals surface area contributed by atoms with Crippen molar-refractivity contribution >= 4 is 28.8 Å². The Morgan fingerprint density at radius 1 is 1.12 bits per heavy atom. The third kappa shape index (κ3) is 5.06. The SMILES string of the molecule is CC(C)NC(=O)C1CCC(n2c(NC(=O)c3ccc(F)cc3)nc3ccc(CO)cc32)CC1. The second kappa shape index (κ2) is 9.70. The molecule has 1 heterocycles. The van der Waals surface area contributed by atoms with Crippen molar-refractivity contribution < 1.29 is 19.1 Å². The van der Waals surface area contributed by atoms with E-state index in [1.54, 1.807) is 6.07 Å². The summed E-state index contributed by atoms with van der Waals surface area (Å²) in [7, 11) is 0. The lowest BCUT2D eigenvalue weighted by Crippen LogP contribution is -2.37. The maximum Gasteiger partial charge on any atom is 0.257 e. The van der Waals surface area contributed by atoms with Gasteiger partial charge in [0.2, 0.25) is 11.9 Å². The molecular formula is C25H29FN4O3. The van der Waals surface area contributed by atoms with Gasteiger partial charge in [-0.25, -0.2) is 9.37 Å². The number of anilines is 1. The van der Waals surface area contributed by atoms with E-state index in [4.69, 9.17) is 0 Å². The predicted molar refractivity (Wildman–Crippen MR) is 124 cm³/mol. The van der Waals surface area contributed by atoms with E-state index in [0.29, 0.717) is 17.0 Å². The summed E-state index contributed by atoms with van der Waals surface area (Å²) < 4.78 is 15.3. The molecule has 1 aliphatic carbocycles. The Kier molecular flexibility index (Phi) is 6.74. The van der Waals surface area contributed by atoms with Crippen molar-refractivity contribution in [1.82, 2.24) is 14.9 Å². The molecule has 0 atom stereocenters. The van der Waals surface area contributed by atoms with Gasteiger partial charge < -0.3 is 15.0 Å². The van der Waals surface area contributed by atoms with Crippen LogP contribution in [0.5, 0.6) is 0 Å². The number of fused-ring (bicyclic) bond motifs is 1. The van der Waals surface area contributed by atoms with Crippen LogP contribution in [-0.4, -0.2) is 32.5 Å². The maximum absolute atomic E-state index is 13.3. The van der Waals surface area contributed by atoms with Crippen LogP contribution in [0.3, 0.4) is 0 Å². The van der Waals surface area contributed by atoms with Gasteiger partial charge in [0.1, 0.15) is 5.82 Å². The first kappa shape index (κ1) is 22.9. The zero-order valence-electron chi connectivity index (χ0n) is 18.8. The molecule has 7 nitrogen and oxygen atoms in total. The summed E-state index contributed by atoms with van der Waals surface area (Å²) in [6.07, 6.45) is 3.02. The van der Waals surface area contributed by atoms with Gasteiger partial charge in [0, 0.05) is 23.6 Å². The summed E-state index contributed by atoms with van der Waals surface area (Å²) in [5.41, 5.74) is 2.62. The van der Waals surface area contributed by atoms with E-state index in [0.717, 1.165) is 36.8 Å². The highest BCUT2D eigenvalue weighted by molar-refractivity contribution is 6.04. The summed E-state index contributed by atoms with van der Waals surface area (Å²) in [6.45, 7) is 3.81. The quantitative estimate of drug-likeness (QED) is 0.523. The van der Waals surface area contributed by atoms with E-state index in [-0.39, 0.29) is 36.4 Å². The van der Waals surface area contributed by atoms with Gasteiger partial charge in [-0.2, -0.15) is 0 Å². The van der Waals surface area contributed by atoms with Gasteiger partial charge in [-0.15, -0.1) is 0 Å². The predicted octanol–water partition coefficient (Wildman–Crippen LogP) is 4.18. The molecule has 174 valence electrons. The number of aliphatic hydroxyl groups excluding tert-OH is 1. The fourth-order valence-corrected chi connectivity index (χ4v) is 4.47. The van der Waals surface area contributed by atoms with E-state index in [2.05, 4.69) is 15.6 Å². The first-order valence-electron chi connectivity index (χ1n) is 11.3. The number of rotatable bonds is 6. The molecular weight excluding hydrogens is 423 g/mol. The molecule has 1 saturated carbocycles. The number of carbonyl (C=O) groups is 2. The van der Waals surface area contributed by atoms with Gasteiger partial charge in [-0.05, 0) is 81.5 Å². The van der Waals surface area contributed by atoms with Gasteiger partial charge in [-0.1, -0.05) is 6.07 Å². The molecule has 2 aromatic carbocycles. The Labute approximate surface area is 192 Å². The third-order valence-corrected chi connectivity index (χ3v) is 6.13. The minimum atomic E-state index is -0.409. The van der Waals surface area contributed by atoms with E-state index in [1.165, 1.54) is 24.3 Å². The van der Waals surface area contributed by atoms with Crippen molar-refractivity contribution in [2.45, 2.75) is 58.2 Å². The summed E-state index contributed by atoms with van der Waals surface area (Å²) in [5, 5.41) is 15.5. The molecule has 1 fully saturated rings. The Morgan fingerprint density at radius 3 is 2.45 bits per heavy atom. The van der Waals surface area contributed by atoms with Crippen molar-refractivity contribution in [3.05, 3.63) is 59.4 Å². The molecule has 0 saturated heterocycles. The summed E-state index contributed by atoms with van der Waals surface area (Å²) in [5.74, 6) is -0.313. The zero-order valence-corrected chi connectivity index (χ0v) is 18.8. The molecule has 1 aromatic heterocycles. The second-order valence-electron chi connectivity index (χ2n) is 8.92. The molecule has 3 aromatic rings. The van der Waals surface area contributed by atoms with Crippen LogP contribution >= 0.6 is 0 Å². The van der Waals surface area contributed by atoms with E-state index in [9.17, 15) is 19.1 Å². The lowest BCUT2D eigenvalue weighted by atomic mass is 9.85. The normalized spacial score (nSPS) is 18.5. The Hall–Kier alpha value is -3.26. The molecule has 0 unspecified atom stereocenters. The van der Waals surface area contributed by atoms with Crippen LogP contribution in [0.1, 0.15) is 61.5 Å². The Bertz CT molecular complexity index is 1150. The number of carbonyl (C=O) groups excluding carboxylic acids is 2. The average molecular weight is 453 g/mol. The number of amides is 2. The van der Waals surface area contributed by atoms with Gasteiger partial charge in [-0.3, -0.25) is 14.9 Å². The van der Waals surface area contributed by atoms with Crippen molar-refractivity contribution in [3.63, 3.8) is 0 Å². The van der Waals surface area contributed by atoms with Crippen molar-refractivity contribution in [3.8, 4) is 0 Å². The van der Waals surface area contributed by atoms with Crippen LogP contribution in [-0.2, 0) is 11.4 Å². The first-order chi connectivity index (χ1) is 15.9. The number of aromatic nitrogens is 2. The molecule has 1 aliphatic rings. The molecule has 3 N–H and O–H groups in total. The van der Waals surface area contributed by atoms with E-state index < -0.39 is 5.82 Å². The number of hydrogen-bond donors (Lipinski definition) is 3. The fourth-order valence-electron chi connectivity index (χ4n) is 4.47. The molecule has 33 heavy (non-hydrogen) atoms. The average Bonchev–Trinajstić information content (AvgIpc) is 3.15. The second-order valence-corrected chi connectivity index (χ2v) is 8.92. The number of imidazole rings is 1. The molecule has 0 radical (unpaired) electrons. The van der Waals surface area contributed by atoms with Crippen LogP contribution in [0.2, 0.25) is 0 Å². The van der Waals surface area contributed by atoms with Gasteiger partial charge >= 0.3 is 0 Å². The number of nitrogens with one attached hydrogen (secondary N) is 2. The number of nitrogens with zero attached hydrogens (tertiary/aromatic N) is 2. The zero-order chi connectivity index (χ0) is 23.5. The summed E-state index contributed by atoms with van der Waals surface area (Å²) in [6, 6.07) is 11.0. The smallest absolute Gasteiger partial charge is 0.257 e. The Morgan fingerprint density at radius 2 is 1.82 bits per heavy atom. The van der Waals surface area contributed by atoms with Crippen LogP contribution in [0.15, 0.2) is 42.5 Å². The van der Waals surface area contributed by atoms with Gasteiger partial charge in [0.15, 0.2) is 0 Å². The maximum atomic E-state index is 13.3. The molecule has 2 amide bonds. The summed E-state index contributed by atoms with van der Waals surface area (Å²) >= 11 is 0. The minimum absolute atomic E-state index is 0.0244. The number of aliphatic hydroxyl groups is 1. The standard InChI is InChI=1S/C25H29FN4O3/c1-15(2)27-23(32)18-6-10-20(11-7-18)30-22-13-16(14-31)3-12-21(22)28-25(30)29-24(33)17-4-8-19(26)9-5-17/h3-5,8-9,12-13,15,18,20,31H,6-7,10-11,14H2,1-2H3,(H,27,32)(H,28,29,33). The highest BCUT2D eigenvalue weighted by Crippen LogP contribution is 2.37. The Balaban J connectivity index is 1.62.